The van der Waals surface area contributed by atoms with Crippen LogP contribution in [0.1, 0.15) is 63.0 Å². The summed E-state index contributed by atoms with van der Waals surface area (Å²) < 4.78 is 5.44. The molecule has 0 aliphatic rings. The van der Waals surface area contributed by atoms with Gasteiger partial charge in [0, 0.05) is 0 Å². The Bertz CT molecular complexity index is 406. The summed E-state index contributed by atoms with van der Waals surface area (Å²) in [6.45, 7) is 4.44. The quantitative estimate of drug-likeness (QED) is 0.701. The van der Waals surface area contributed by atoms with Crippen molar-refractivity contribution in [3.05, 3.63) is 29.3 Å². The van der Waals surface area contributed by atoms with Crippen molar-refractivity contribution < 1.29 is 4.74 Å². The van der Waals surface area contributed by atoms with Gasteiger partial charge < -0.3 is 4.74 Å². The summed E-state index contributed by atoms with van der Waals surface area (Å²) >= 11 is 0. The van der Waals surface area contributed by atoms with E-state index in [1.54, 1.807) is 7.11 Å². The molecule has 2 nitrogen and oxygen atoms in total. The van der Waals surface area contributed by atoms with Crippen molar-refractivity contribution in [2.75, 3.05) is 7.11 Å². The molecule has 0 fully saturated rings. The van der Waals surface area contributed by atoms with E-state index in [-0.39, 0.29) is 0 Å². The Morgan fingerprint density at radius 1 is 1.22 bits per heavy atom. The maximum absolute atomic E-state index is 8.93. The van der Waals surface area contributed by atoms with Crippen LogP contribution >= 0.6 is 0 Å². The van der Waals surface area contributed by atoms with E-state index in [2.05, 4.69) is 26.0 Å². The molecular formula is C16H23NO. The summed E-state index contributed by atoms with van der Waals surface area (Å²) in [6, 6.07) is 7.97. The van der Waals surface area contributed by atoms with Crippen LogP contribution in [0.25, 0.3) is 0 Å². The van der Waals surface area contributed by atoms with E-state index >= 15 is 0 Å². The SMILES string of the molecule is CCCCC(CCC)c1ccc(C#N)cc1OC. The van der Waals surface area contributed by atoms with Gasteiger partial charge in [-0.15, -0.1) is 0 Å². The highest BCUT2D eigenvalue weighted by molar-refractivity contribution is 5.44. The van der Waals surface area contributed by atoms with Gasteiger partial charge in [-0.2, -0.15) is 5.26 Å². The number of nitrogens with zero attached hydrogens (tertiary/aromatic N) is 1. The molecule has 2 heteroatoms. The molecule has 0 aliphatic heterocycles. The summed E-state index contributed by atoms with van der Waals surface area (Å²) in [5.74, 6) is 1.42. The van der Waals surface area contributed by atoms with E-state index < -0.39 is 0 Å². The first-order valence-electron chi connectivity index (χ1n) is 6.84. The molecule has 1 unspecified atom stereocenters. The zero-order valence-corrected chi connectivity index (χ0v) is 11.7. The van der Waals surface area contributed by atoms with E-state index in [1.807, 2.05) is 12.1 Å². The predicted molar refractivity (Wildman–Crippen MR) is 74.9 cm³/mol. The zero-order valence-electron chi connectivity index (χ0n) is 11.7. The molecule has 1 aromatic carbocycles. The molecule has 1 rings (SSSR count). The highest BCUT2D eigenvalue weighted by Gasteiger charge is 2.15. The van der Waals surface area contributed by atoms with Gasteiger partial charge in [-0.1, -0.05) is 39.2 Å². The molecule has 0 heterocycles. The minimum atomic E-state index is 0.553. The number of ether oxygens (including phenoxy) is 1. The van der Waals surface area contributed by atoms with Crippen LogP contribution in [0.15, 0.2) is 18.2 Å². The number of benzene rings is 1. The Labute approximate surface area is 111 Å². The molecule has 98 valence electrons. The minimum Gasteiger partial charge on any atom is -0.496 e. The van der Waals surface area contributed by atoms with Gasteiger partial charge in [-0.25, -0.2) is 0 Å². The molecule has 0 spiro atoms. The van der Waals surface area contributed by atoms with Crippen molar-refractivity contribution in [3.63, 3.8) is 0 Å². The lowest BCUT2D eigenvalue weighted by molar-refractivity contribution is 0.400. The monoisotopic (exact) mass is 245 g/mol. The average Bonchev–Trinajstić information content (AvgIpc) is 2.42. The molecule has 0 saturated carbocycles. The lowest BCUT2D eigenvalue weighted by Gasteiger charge is -2.19. The molecule has 0 amide bonds. The third-order valence-electron chi connectivity index (χ3n) is 3.35. The van der Waals surface area contributed by atoms with Crippen LogP contribution in [-0.4, -0.2) is 7.11 Å². The van der Waals surface area contributed by atoms with Gasteiger partial charge in [0.2, 0.25) is 0 Å². The van der Waals surface area contributed by atoms with E-state index in [1.165, 1.54) is 37.7 Å². The largest absolute Gasteiger partial charge is 0.496 e. The summed E-state index contributed by atoms with van der Waals surface area (Å²) in [6.07, 6.45) is 6.03. The lowest BCUT2D eigenvalue weighted by Crippen LogP contribution is -2.02. The van der Waals surface area contributed by atoms with Crippen LogP contribution in [0.4, 0.5) is 0 Å². The lowest BCUT2D eigenvalue weighted by atomic mass is 9.88. The third kappa shape index (κ3) is 3.77. The summed E-state index contributed by atoms with van der Waals surface area (Å²) in [4.78, 5) is 0. The Kier molecular flexibility index (Phi) is 6.28. The van der Waals surface area contributed by atoms with Crippen molar-refractivity contribution in [1.29, 1.82) is 5.26 Å². The van der Waals surface area contributed by atoms with Crippen LogP contribution in [-0.2, 0) is 0 Å². The van der Waals surface area contributed by atoms with Crippen LogP contribution in [0.2, 0.25) is 0 Å². The van der Waals surface area contributed by atoms with Crippen molar-refractivity contribution >= 4 is 0 Å². The van der Waals surface area contributed by atoms with Crippen LogP contribution in [0.3, 0.4) is 0 Å². The zero-order chi connectivity index (χ0) is 13.4. The number of nitriles is 1. The van der Waals surface area contributed by atoms with Gasteiger partial charge in [0.15, 0.2) is 0 Å². The standard InChI is InChI=1S/C16H23NO/c1-4-6-8-14(7-5-2)15-10-9-13(12-17)11-16(15)18-3/h9-11,14H,4-8H2,1-3H3. The van der Waals surface area contributed by atoms with Gasteiger partial charge in [-0.05, 0) is 36.5 Å². The van der Waals surface area contributed by atoms with E-state index in [4.69, 9.17) is 10.00 Å². The number of methoxy groups -OCH3 is 1. The molecule has 0 radical (unpaired) electrons. The van der Waals surface area contributed by atoms with E-state index in [0.717, 1.165) is 5.75 Å². The van der Waals surface area contributed by atoms with Gasteiger partial charge in [0.05, 0.1) is 18.7 Å². The number of hydrogen-bond acceptors (Lipinski definition) is 2. The smallest absolute Gasteiger partial charge is 0.123 e. The summed E-state index contributed by atoms with van der Waals surface area (Å²) in [5, 5.41) is 8.93. The number of rotatable bonds is 7. The topological polar surface area (TPSA) is 33.0 Å². The number of hydrogen-bond donors (Lipinski definition) is 0. The molecule has 1 atom stereocenters. The first-order chi connectivity index (χ1) is 8.76. The van der Waals surface area contributed by atoms with Gasteiger partial charge >= 0.3 is 0 Å². The maximum atomic E-state index is 8.93. The molecule has 1 aromatic rings. The van der Waals surface area contributed by atoms with E-state index in [0.29, 0.717) is 11.5 Å². The Hall–Kier alpha value is -1.49. The highest BCUT2D eigenvalue weighted by atomic mass is 16.5. The fourth-order valence-corrected chi connectivity index (χ4v) is 2.37. The minimum absolute atomic E-state index is 0.553. The Balaban J connectivity index is 2.99. The summed E-state index contributed by atoms with van der Waals surface area (Å²) in [7, 11) is 1.68. The summed E-state index contributed by atoms with van der Waals surface area (Å²) in [5.41, 5.74) is 1.92. The van der Waals surface area contributed by atoms with E-state index in [9.17, 15) is 0 Å². The van der Waals surface area contributed by atoms with Gasteiger partial charge in [0.25, 0.3) is 0 Å². The van der Waals surface area contributed by atoms with Crippen molar-refractivity contribution in [2.24, 2.45) is 0 Å². The first-order valence-corrected chi connectivity index (χ1v) is 6.84. The second-order valence-corrected chi connectivity index (χ2v) is 4.70. The molecular weight excluding hydrogens is 222 g/mol. The Morgan fingerprint density at radius 2 is 2.00 bits per heavy atom. The van der Waals surface area contributed by atoms with Crippen LogP contribution in [0, 0.1) is 11.3 Å². The van der Waals surface area contributed by atoms with Crippen molar-refractivity contribution in [1.82, 2.24) is 0 Å². The molecule has 0 bridgehead atoms. The van der Waals surface area contributed by atoms with Crippen LogP contribution in [0.5, 0.6) is 5.75 Å². The average molecular weight is 245 g/mol. The Morgan fingerprint density at radius 3 is 2.56 bits per heavy atom. The molecule has 0 N–H and O–H groups in total. The van der Waals surface area contributed by atoms with Gasteiger partial charge in [-0.3, -0.25) is 0 Å². The van der Waals surface area contributed by atoms with Crippen LogP contribution < -0.4 is 4.74 Å². The maximum Gasteiger partial charge on any atom is 0.123 e. The first kappa shape index (κ1) is 14.6. The molecule has 18 heavy (non-hydrogen) atoms. The molecule has 0 aliphatic carbocycles. The van der Waals surface area contributed by atoms with Gasteiger partial charge in [0.1, 0.15) is 5.75 Å². The number of unbranched alkanes of at least 4 members (excludes halogenated alkanes) is 1. The fraction of sp³-hybridized carbons (Fsp3) is 0.562. The fourth-order valence-electron chi connectivity index (χ4n) is 2.37. The second kappa shape index (κ2) is 7.76. The molecule has 0 saturated heterocycles. The second-order valence-electron chi connectivity index (χ2n) is 4.70. The predicted octanol–water partition coefficient (Wildman–Crippen LogP) is 4.64. The van der Waals surface area contributed by atoms with Crippen molar-refractivity contribution in [3.8, 4) is 11.8 Å². The normalized spacial score (nSPS) is 11.9. The third-order valence-corrected chi connectivity index (χ3v) is 3.35. The molecule has 0 aromatic heterocycles. The van der Waals surface area contributed by atoms with Crippen molar-refractivity contribution in [2.45, 2.75) is 51.9 Å². The highest BCUT2D eigenvalue weighted by Crippen LogP contribution is 2.34.